The summed E-state index contributed by atoms with van der Waals surface area (Å²) in [7, 11) is 0. The van der Waals surface area contributed by atoms with E-state index in [1.165, 1.54) is 0 Å². The van der Waals surface area contributed by atoms with Gasteiger partial charge in [0.15, 0.2) is 0 Å². The number of carbonyl (C=O) groups excluding carboxylic acids is 1. The van der Waals surface area contributed by atoms with Crippen molar-refractivity contribution in [2.24, 2.45) is 0 Å². The number of hydrogen-bond acceptors (Lipinski definition) is 7. The Kier molecular flexibility index (Phi) is 6.26. The number of anilines is 3. The van der Waals surface area contributed by atoms with Crippen LogP contribution in [0.1, 0.15) is 33.1 Å². The molecule has 4 rings (SSSR count). The maximum atomic E-state index is 12.9. The van der Waals surface area contributed by atoms with Gasteiger partial charge in [-0.2, -0.15) is 0 Å². The summed E-state index contributed by atoms with van der Waals surface area (Å²) in [5, 5.41) is 6.05. The second-order valence-corrected chi connectivity index (χ2v) is 7.70. The zero-order valence-electron chi connectivity index (χ0n) is 18.9. The van der Waals surface area contributed by atoms with Crippen LogP contribution < -0.4 is 15.4 Å². The van der Waals surface area contributed by atoms with E-state index in [2.05, 4.69) is 30.6 Å². The molecule has 2 aromatic heterocycles. The maximum Gasteiger partial charge on any atom is 0.322 e. The summed E-state index contributed by atoms with van der Waals surface area (Å²) in [5.41, 5.74) is 5.19. The predicted octanol–water partition coefficient (Wildman–Crippen LogP) is 5.29. The molecule has 2 heterocycles. The first-order valence-corrected chi connectivity index (χ1v) is 10.4. The van der Waals surface area contributed by atoms with Crippen LogP contribution in [0.4, 0.5) is 17.3 Å². The molecule has 0 aliphatic rings. The number of rotatable bonds is 6. The molecule has 33 heavy (non-hydrogen) atoms. The first kappa shape index (κ1) is 21.9. The third kappa shape index (κ3) is 5.88. The molecule has 166 valence electrons. The van der Waals surface area contributed by atoms with Gasteiger partial charge < -0.3 is 15.4 Å². The Balaban J connectivity index is 1.47. The molecular weight excluding hydrogens is 416 g/mol. The molecule has 2 N–H and O–H groups in total. The van der Waals surface area contributed by atoms with Crippen molar-refractivity contribution in [3.8, 4) is 11.8 Å². The van der Waals surface area contributed by atoms with Crippen LogP contribution in [0.25, 0.3) is 0 Å². The van der Waals surface area contributed by atoms with Crippen LogP contribution in [0.3, 0.4) is 0 Å². The first-order chi connectivity index (χ1) is 15.8. The van der Waals surface area contributed by atoms with Crippen molar-refractivity contribution in [3.05, 3.63) is 89.0 Å². The number of aromatic nitrogens is 4. The summed E-state index contributed by atoms with van der Waals surface area (Å²) in [6.07, 6.45) is 0. The Morgan fingerprint density at radius 2 is 1.33 bits per heavy atom. The van der Waals surface area contributed by atoms with E-state index in [0.29, 0.717) is 22.9 Å². The SMILES string of the molecule is Cc1cc(C)nc(Nc2cccc(C(=O)Nc3cccc(Oc4nc(C)cc(C)n4)c3)c2)n1. The van der Waals surface area contributed by atoms with E-state index in [1.54, 1.807) is 42.5 Å². The van der Waals surface area contributed by atoms with E-state index in [1.807, 2.05) is 45.9 Å². The van der Waals surface area contributed by atoms with Crippen molar-refractivity contribution in [1.29, 1.82) is 0 Å². The van der Waals surface area contributed by atoms with Gasteiger partial charge in [-0.15, -0.1) is 0 Å². The minimum Gasteiger partial charge on any atom is -0.424 e. The fraction of sp³-hybridized carbons (Fsp3) is 0.160. The maximum absolute atomic E-state index is 12.9. The number of nitrogens with one attached hydrogen (secondary N) is 2. The Morgan fingerprint density at radius 3 is 2.03 bits per heavy atom. The van der Waals surface area contributed by atoms with E-state index in [4.69, 9.17) is 4.74 Å². The van der Waals surface area contributed by atoms with Crippen LogP contribution in [0.5, 0.6) is 11.8 Å². The van der Waals surface area contributed by atoms with Gasteiger partial charge in [0.1, 0.15) is 5.75 Å². The molecule has 0 saturated carbocycles. The summed E-state index contributed by atoms with van der Waals surface area (Å²) < 4.78 is 5.78. The van der Waals surface area contributed by atoms with E-state index < -0.39 is 0 Å². The minimum atomic E-state index is -0.250. The molecule has 0 spiro atoms. The average molecular weight is 441 g/mol. The molecule has 0 radical (unpaired) electrons. The van der Waals surface area contributed by atoms with Gasteiger partial charge in [-0.1, -0.05) is 12.1 Å². The Morgan fingerprint density at radius 1 is 0.727 bits per heavy atom. The van der Waals surface area contributed by atoms with Gasteiger partial charge in [0.05, 0.1) is 0 Å². The number of carbonyl (C=O) groups is 1. The molecule has 0 atom stereocenters. The zero-order chi connectivity index (χ0) is 23.4. The number of hydrogen-bond donors (Lipinski definition) is 2. The number of benzene rings is 2. The Hall–Kier alpha value is -4.33. The normalized spacial score (nSPS) is 10.5. The van der Waals surface area contributed by atoms with Crippen molar-refractivity contribution >= 4 is 23.2 Å². The van der Waals surface area contributed by atoms with Gasteiger partial charge in [-0.25, -0.2) is 19.9 Å². The fourth-order valence-electron chi connectivity index (χ4n) is 3.33. The lowest BCUT2D eigenvalue weighted by molar-refractivity contribution is 0.102. The highest BCUT2D eigenvalue weighted by atomic mass is 16.5. The molecule has 0 unspecified atom stereocenters. The van der Waals surface area contributed by atoms with Crippen molar-refractivity contribution in [2.45, 2.75) is 27.7 Å². The zero-order valence-corrected chi connectivity index (χ0v) is 18.9. The van der Waals surface area contributed by atoms with Gasteiger partial charge in [0, 0.05) is 45.8 Å². The van der Waals surface area contributed by atoms with Crippen LogP contribution in [-0.2, 0) is 0 Å². The lowest BCUT2D eigenvalue weighted by Crippen LogP contribution is -2.12. The monoisotopic (exact) mass is 440 g/mol. The molecule has 0 fully saturated rings. The van der Waals surface area contributed by atoms with Crippen molar-refractivity contribution < 1.29 is 9.53 Å². The Labute approximate surface area is 192 Å². The van der Waals surface area contributed by atoms with Crippen LogP contribution in [-0.4, -0.2) is 25.8 Å². The second kappa shape index (κ2) is 9.44. The molecule has 8 nitrogen and oxygen atoms in total. The number of amides is 1. The van der Waals surface area contributed by atoms with Gasteiger partial charge >= 0.3 is 6.01 Å². The average Bonchev–Trinajstić information content (AvgIpc) is 2.72. The molecule has 2 aromatic carbocycles. The largest absolute Gasteiger partial charge is 0.424 e. The summed E-state index contributed by atoms with van der Waals surface area (Å²) in [4.78, 5) is 30.2. The lowest BCUT2D eigenvalue weighted by atomic mass is 10.2. The number of nitrogens with zero attached hydrogens (tertiary/aromatic N) is 4. The third-order valence-electron chi connectivity index (χ3n) is 4.63. The molecule has 0 aliphatic carbocycles. The number of aryl methyl sites for hydroxylation is 4. The van der Waals surface area contributed by atoms with Crippen molar-refractivity contribution in [1.82, 2.24) is 19.9 Å². The number of ether oxygens (including phenoxy) is 1. The van der Waals surface area contributed by atoms with Crippen molar-refractivity contribution in [2.75, 3.05) is 10.6 Å². The highest BCUT2D eigenvalue weighted by Gasteiger charge is 2.10. The van der Waals surface area contributed by atoms with Crippen LogP contribution in [0.2, 0.25) is 0 Å². The summed E-state index contributed by atoms with van der Waals surface area (Å²) in [6, 6.07) is 18.3. The van der Waals surface area contributed by atoms with Crippen LogP contribution in [0, 0.1) is 27.7 Å². The smallest absolute Gasteiger partial charge is 0.322 e. The minimum absolute atomic E-state index is 0.250. The molecule has 8 heteroatoms. The van der Waals surface area contributed by atoms with Gasteiger partial charge in [0.2, 0.25) is 5.95 Å². The molecular formula is C25H24N6O2. The highest BCUT2D eigenvalue weighted by Crippen LogP contribution is 2.23. The Bertz CT molecular complexity index is 1280. The van der Waals surface area contributed by atoms with E-state index in [9.17, 15) is 4.79 Å². The van der Waals surface area contributed by atoms with Crippen LogP contribution in [0.15, 0.2) is 60.7 Å². The van der Waals surface area contributed by atoms with Crippen molar-refractivity contribution in [3.63, 3.8) is 0 Å². The highest BCUT2D eigenvalue weighted by molar-refractivity contribution is 6.04. The predicted molar refractivity (Wildman–Crippen MR) is 127 cm³/mol. The summed E-state index contributed by atoms with van der Waals surface area (Å²) in [6.45, 7) is 7.59. The quantitative estimate of drug-likeness (QED) is 0.420. The molecule has 1 amide bonds. The van der Waals surface area contributed by atoms with Gasteiger partial charge in [0.25, 0.3) is 5.91 Å². The standard InChI is InChI=1S/C25H24N6O2/c1-15-11-16(2)27-24(26-15)31-20-8-5-7-19(13-20)23(32)30-21-9-6-10-22(14-21)33-25-28-17(3)12-18(4)29-25/h5-14H,1-4H3,(H,30,32)(H,26,27,31). The lowest BCUT2D eigenvalue weighted by Gasteiger charge is -2.10. The second-order valence-electron chi connectivity index (χ2n) is 7.70. The molecule has 0 bridgehead atoms. The van der Waals surface area contributed by atoms with E-state index in [0.717, 1.165) is 28.5 Å². The molecule has 0 aliphatic heterocycles. The van der Waals surface area contributed by atoms with E-state index >= 15 is 0 Å². The third-order valence-corrected chi connectivity index (χ3v) is 4.63. The molecule has 4 aromatic rings. The van der Waals surface area contributed by atoms with Gasteiger partial charge in [-0.05, 0) is 70.2 Å². The van der Waals surface area contributed by atoms with Crippen LogP contribution >= 0.6 is 0 Å². The van der Waals surface area contributed by atoms with Gasteiger partial charge in [-0.3, -0.25) is 4.79 Å². The summed E-state index contributed by atoms with van der Waals surface area (Å²) in [5.74, 6) is 0.767. The fourth-order valence-corrected chi connectivity index (χ4v) is 3.33. The van der Waals surface area contributed by atoms with E-state index in [-0.39, 0.29) is 11.9 Å². The summed E-state index contributed by atoms with van der Waals surface area (Å²) >= 11 is 0. The molecule has 0 saturated heterocycles. The first-order valence-electron chi connectivity index (χ1n) is 10.4. The topological polar surface area (TPSA) is 102 Å².